The highest BCUT2D eigenvalue weighted by Crippen LogP contribution is 2.14. The van der Waals surface area contributed by atoms with Crippen LogP contribution in [0.1, 0.15) is 43.9 Å². The zero-order chi connectivity index (χ0) is 20.5. The predicted molar refractivity (Wildman–Crippen MR) is 109 cm³/mol. The highest BCUT2D eigenvalue weighted by atomic mass is 19.1. The van der Waals surface area contributed by atoms with Crippen LogP contribution >= 0.6 is 0 Å². The van der Waals surface area contributed by atoms with Crippen molar-refractivity contribution in [3.05, 3.63) is 71.0 Å². The SMILES string of the molecule is CCNC(=O)[C@H](C)N(Cc1ccc(F)cc1)C(=O)CCc1ccc(CC)cc1. The summed E-state index contributed by atoms with van der Waals surface area (Å²) in [5.74, 6) is -0.609. The van der Waals surface area contributed by atoms with Crippen molar-refractivity contribution in [2.45, 2.75) is 52.6 Å². The molecule has 5 heteroatoms. The second-order valence-corrected chi connectivity index (χ2v) is 6.89. The molecule has 2 amide bonds. The number of hydrogen-bond donors (Lipinski definition) is 1. The monoisotopic (exact) mass is 384 g/mol. The molecule has 28 heavy (non-hydrogen) atoms. The Labute approximate surface area is 166 Å². The van der Waals surface area contributed by atoms with Crippen LogP contribution in [0.3, 0.4) is 0 Å². The number of nitrogens with one attached hydrogen (secondary N) is 1. The summed E-state index contributed by atoms with van der Waals surface area (Å²) < 4.78 is 13.2. The molecule has 150 valence electrons. The van der Waals surface area contributed by atoms with Crippen molar-refractivity contribution < 1.29 is 14.0 Å². The lowest BCUT2D eigenvalue weighted by molar-refractivity contribution is -0.140. The van der Waals surface area contributed by atoms with Crippen molar-refractivity contribution in [1.82, 2.24) is 10.2 Å². The van der Waals surface area contributed by atoms with E-state index in [0.29, 0.717) is 19.4 Å². The molecule has 0 fully saturated rings. The van der Waals surface area contributed by atoms with E-state index in [-0.39, 0.29) is 24.2 Å². The number of benzene rings is 2. The van der Waals surface area contributed by atoms with E-state index in [9.17, 15) is 14.0 Å². The van der Waals surface area contributed by atoms with E-state index in [1.54, 1.807) is 24.0 Å². The molecular formula is C23H29FN2O2. The standard InChI is InChI=1S/C23H29FN2O2/c1-4-18-6-8-19(9-7-18)12-15-22(27)26(17(3)23(28)25-5-2)16-20-10-13-21(24)14-11-20/h6-11,13-14,17H,4-5,12,15-16H2,1-3H3,(H,25,28)/t17-/m0/s1. The normalized spacial score (nSPS) is 11.7. The number of carbonyl (C=O) groups is 2. The average molecular weight is 384 g/mol. The van der Waals surface area contributed by atoms with E-state index in [0.717, 1.165) is 17.5 Å². The van der Waals surface area contributed by atoms with E-state index < -0.39 is 6.04 Å². The number of carbonyl (C=O) groups excluding carboxylic acids is 2. The number of hydrogen-bond acceptors (Lipinski definition) is 2. The quantitative estimate of drug-likeness (QED) is 0.713. The minimum atomic E-state index is -0.597. The predicted octanol–water partition coefficient (Wildman–Crippen LogP) is 3.87. The fourth-order valence-electron chi connectivity index (χ4n) is 3.03. The number of amides is 2. The van der Waals surface area contributed by atoms with Gasteiger partial charge in [0.25, 0.3) is 0 Å². The second-order valence-electron chi connectivity index (χ2n) is 6.89. The van der Waals surface area contributed by atoms with Gasteiger partial charge in [0.15, 0.2) is 0 Å². The highest BCUT2D eigenvalue weighted by Gasteiger charge is 2.25. The Morgan fingerprint density at radius 1 is 0.964 bits per heavy atom. The topological polar surface area (TPSA) is 49.4 Å². The van der Waals surface area contributed by atoms with Crippen molar-refractivity contribution in [2.75, 3.05) is 6.54 Å². The third-order valence-electron chi connectivity index (χ3n) is 4.84. The number of likely N-dealkylation sites (N-methyl/N-ethyl adjacent to an activating group) is 1. The molecule has 0 heterocycles. The van der Waals surface area contributed by atoms with Crippen LogP contribution in [0.4, 0.5) is 4.39 Å². The largest absolute Gasteiger partial charge is 0.355 e. The molecule has 0 saturated carbocycles. The molecule has 0 aliphatic carbocycles. The van der Waals surface area contributed by atoms with E-state index in [1.807, 2.05) is 19.1 Å². The molecule has 0 spiro atoms. The van der Waals surface area contributed by atoms with Gasteiger partial charge in [-0.15, -0.1) is 0 Å². The van der Waals surface area contributed by atoms with Gasteiger partial charge >= 0.3 is 0 Å². The number of aryl methyl sites for hydroxylation is 2. The van der Waals surface area contributed by atoms with E-state index >= 15 is 0 Å². The molecule has 0 radical (unpaired) electrons. The first-order chi connectivity index (χ1) is 13.4. The first-order valence-corrected chi connectivity index (χ1v) is 9.84. The zero-order valence-electron chi connectivity index (χ0n) is 16.9. The van der Waals surface area contributed by atoms with Crippen LogP contribution in [-0.4, -0.2) is 29.3 Å². The van der Waals surface area contributed by atoms with Crippen LogP contribution in [0.2, 0.25) is 0 Å². The molecule has 2 rings (SSSR count). The van der Waals surface area contributed by atoms with Crippen molar-refractivity contribution in [1.29, 1.82) is 0 Å². The van der Waals surface area contributed by atoms with Gasteiger partial charge in [0.2, 0.25) is 11.8 Å². The lowest BCUT2D eigenvalue weighted by atomic mass is 10.0. The lowest BCUT2D eigenvalue weighted by Crippen LogP contribution is -2.47. The molecule has 1 N–H and O–H groups in total. The van der Waals surface area contributed by atoms with Crippen LogP contribution in [-0.2, 0) is 29.0 Å². The Bertz CT molecular complexity index is 772. The minimum Gasteiger partial charge on any atom is -0.355 e. The Morgan fingerprint density at radius 2 is 1.54 bits per heavy atom. The van der Waals surface area contributed by atoms with Crippen molar-refractivity contribution in [3.63, 3.8) is 0 Å². The van der Waals surface area contributed by atoms with Gasteiger partial charge in [-0.2, -0.15) is 0 Å². The summed E-state index contributed by atoms with van der Waals surface area (Å²) in [7, 11) is 0. The van der Waals surface area contributed by atoms with Crippen molar-refractivity contribution in [3.8, 4) is 0 Å². The second kappa shape index (κ2) is 10.6. The van der Waals surface area contributed by atoms with Crippen LogP contribution in [0.25, 0.3) is 0 Å². The zero-order valence-corrected chi connectivity index (χ0v) is 16.9. The molecule has 2 aromatic rings. The van der Waals surface area contributed by atoms with Crippen molar-refractivity contribution in [2.24, 2.45) is 0 Å². The molecule has 0 saturated heterocycles. The number of nitrogens with zero attached hydrogens (tertiary/aromatic N) is 1. The van der Waals surface area contributed by atoms with Gasteiger partial charge in [0, 0.05) is 19.5 Å². The van der Waals surface area contributed by atoms with E-state index in [1.165, 1.54) is 17.7 Å². The molecule has 0 aliphatic heterocycles. The summed E-state index contributed by atoms with van der Waals surface area (Å²) in [6.45, 7) is 6.45. The molecule has 1 atom stereocenters. The van der Waals surface area contributed by atoms with Gasteiger partial charge in [-0.3, -0.25) is 9.59 Å². The maximum Gasteiger partial charge on any atom is 0.242 e. The van der Waals surface area contributed by atoms with Gasteiger partial charge in [0.1, 0.15) is 11.9 Å². The molecule has 0 aliphatic rings. The fraction of sp³-hybridized carbons (Fsp3) is 0.391. The van der Waals surface area contributed by atoms with Gasteiger partial charge in [0.05, 0.1) is 0 Å². The molecule has 0 aromatic heterocycles. The lowest BCUT2D eigenvalue weighted by Gasteiger charge is -2.28. The summed E-state index contributed by atoms with van der Waals surface area (Å²) in [5, 5.41) is 2.77. The summed E-state index contributed by atoms with van der Waals surface area (Å²) in [4.78, 5) is 26.8. The highest BCUT2D eigenvalue weighted by molar-refractivity contribution is 5.87. The maximum absolute atomic E-state index is 13.2. The summed E-state index contributed by atoms with van der Waals surface area (Å²) in [6.07, 6.45) is 1.91. The summed E-state index contributed by atoms with van der Waals surface area (Å²) >= 11 is 0. The third kappa shape index (κ3) is 6.19. The number of rotatable bonds is 9. The van der Waals surface area contributed by atoms with Gasteiger partial charge in [-0.1, -0.05) is 43.3 Å². The van der Waals surface area contributed by atoms with Crippen LogP contribution in [0.15, 0.2) is 48.5 Å². The average Bonchev–Trinajstić information content (AvgIpc) is 2.71. The molecule has 4 nitrogen and oxygen atoms in total. The molecule has 0 unspecified atom stereocenters. The summed E-state index contributed by atoms with van der Waals surface area (Å²) in [6, 6.07) is 13.7. The first kappa shape index (κ1) is 21.6. The Kier molecular flexibility index (Phi) is 8.18. The van der Waals surface area contributed by atoms with Crippen molar-refractivity contribution >= 4 is 11.8 Å². The minimum absolute atomic E-state index is 0.0948. The molecule has 0 bridgehead atoms. The van der Waals surface area contributed by atoms with E-state index in [4.69, 9.17) is 0 Å². The Balaban J connectivity index is 2.10. The van der Waals surface area contributed by atoms with Gasteiger partial charge in [-0.05, 0) is 55.5 Å². The molecule has 2 aromatic carbocycles. The maximum atomic E-state index is 13.2. The van der Waals surface area contributed by atoms with Crippen LogP contribution in [0.5, 0.6) is 0 Å². The first-order valence-electron chi connectivity index (χ1n) is 9.84. The van der Waals surface area contributed by atoms with Gasteiger partial charge < -0.3 is 10.2 Å². The smallest absolute Gasteiger partial charge is 0.242 e. The molecular weight excluding hydrogens is 355 g/mol. The third-order valence-corrected chi connectivity index (χ3v) is 4.84. The number of halogens is 1. The van der Waals surface area contributed by atoms with Crippen LogP contribution in [0, 0.1) is 5.82 Å². The summed E-state index contributed by atoms with van der Waals surface area (Å²) in [5.41, 5.74) is 3.15. The van der Waals surface area contributed by atoms with Gasteiger partial charge in [-0.25, -0.2) is 4.39 Å². The Morgan fingerprint density at radius 3 is 2.11 bits per heavy atom. The van der Waals surface area contributed by atoms with Crippen LogP contribution < -0.4 is 5.32 Å². The Hall–Kier alpha value is -2.69. The van der Waals surface area contributed by atoms with E-state index in [2.05, 4.69) is 24.4 Å². The fourth-order valence-corrected chi connectivity index (χ4v) is 3.03.